The number of hydrogen-bond donors (Lipinski definition) is 3. The van der Waals surface area contributed by atoms with E-state index < -0.39 is 6.16 Å². The van der Waals surface area contributed by atoms with Crippen LogP contribution in [-0.4, -0.2) is 15.1 Å². The van der Waals surface area contributed by atoms with Crippen molar-refractivity contribution in [2.45, 2.75) is 0 Å². The quantitative estimate of drug-likeness (QED) is 0.369. The predicted molar refractivity (Wildman–Crippen MR) is 28.9 cm³/mol. The van der Waals surface area contributed by atoms with Crippen LogP contribution < -0.4 is 0 Å². The topological polar surface area (TPSA) is 49.8 Å². The smallest absolute Gasteiger partial charge is 0.448 e. The SMILES string of the molecule is O=C(O)ON(S)S. The first-order chi connectivity index (χ1) is 3.13. The molecule has 0 spiro atoms. The van der Waals surface area contributed by atoms with Gasteiger partial charge in [0, 0.05) is 0 Å². The van der Waals surface area contributed by atoms with E-state index in [1.165, 1.54) is 0 Å². The first-order valence-corrected chi connectivity index (χ1v) is 2.01. The monoisotopic (exact) mass is 141 g/mol. The fraction of sp³-hybridized carbons (Fsp3) is 0. The van der Waals surface area contributed by atoms with Gasteiger partial charge in [0.2, 0.25) is 0 Å². The summed E-state index contributed by atoms with van der Waals surface area (Å²) in [6, 6.07) is 0. The van der Waals surface area contributed by atoms with Crippen molar-refractivity contribution in [1.82, 2.24) is 3.87 Å². The molecule has 0 saturated carbocycles. The van der Waals surface area contributed by atoms with Crippen molar-refractivity contribution in [2.75, 3.05) is 0 Å². The van der Waals surface area contributed by atoms with Crippen LogP contribution in [0.3, 0.4) is 0 Å². The third-order valence-electron chi connectivity index (χ3n) is 0.160. The molecule has 0 unspecified atom stereocenters. The molecule has 0 aromatic carbocycles. The second-order valence-electron chi connectivity index (χ2n) is 0.610. The minimum Gasteiger partial charge on any atom is -0.448 e. The maximum Gasteiger partial charge on any atom is 0.527 e. The first kappa shape index (κ1) is 6.93. The largest absolute Gasteiger partial charge is 0.527 e. The van der Waals surface area contributed by atoms with Crippen LogP contribution in [0.25, 0.3) is 0 Å². The van der Waals surface area contributed by atoms with Gasteiger partial charge in [-0.15, -0.1) is 0 Å². The molecule has 0 bridgehead atoms. The van der Waals surface area contributed by atoms with E-state index in [-0.39, 0.29) is 0 Å². The standard InChI is InChI=1S/CH3NO3S2/c3-1(4)5-2(6)7/h6-7H,(H,3,4). The van der Waals surface area contributed by atoms with Crippen molar-refractivity contribution in [3.8, 4) is 0 Å². The molecule has 0 radical (unpaired) electrons. The normalized spacial score (nSPS) is 9.00. The first-order valence-electron chi connectivity index (χ1n) is 1.21. The predicted octanol–water partition coefficient (Wildman–Crippen LogP) is 0.588. The van der Waals surface area contributed by atoms with E-state index in [1.807, 2.05) is 0 Å². The average molecular weight is 141 g/mol. The Morgan fingerprint density at radius 3 is 2.14 bits per heavy atom. The number of carboxylic acid groups (broad SMARTS) is 1. The summed E-state index contributed by atoms with van der Waals surface area (Å²) in [5.74, 6) is 0. The van der Waals surface area contributed by atoms with Gasteiger partial charge in [-0.05, 0) is 29.5 Å². The summed E-state index contributed by atoms with van der Waals surface area (Å²) >= 11 is 6.66. The Labute approximate surface area is 51.1 Å². The van der Waals surface area contributed by atoms with Crippen LogP contribution >= 0.6 is 25.6 Å². The van der Waals surface area contributed by atoms with Crippen LogP contribution in [0.4, 0.5) is 4.79 Å². The summed E-state index contributed by atoms with van der Waals surface area (Å²) < 4.78 is 0.488. The van der Waals surface area contributed by atoms with E-state index in [0.717, 1.165) is 0 Å². The van der Waals surface area contributed by atoms with Crippen LogP contribution in [0.2, 0.25) is 0 Å². The number of hydrogen-bond acceptors (Lipinski definition) is 5. The third-order valence-corrected chi connectivity index (χ3v) is 0.323. The Bertz CT molecular complexity index is 73.3. The Balaban J connectivity index is 3.13. The molecule has 0 aliphatic rings. The van der Waals surface area contributed by atoms with Gasteiger partial charge in [0.1, 0.15) is 0 Å². The number of thiol groups is 2. The lowest BCUT2D eigenvalue weighted by molar-refractivity contribution is 0.0224. The molecular weight excluding hydrogens is 138 g/mol. The molecule has 0 saturated heterocycles. The van der Waals surface area contributed by atoms with Gasteiger partial charge in [0.25, 0.3) is 0 Å². The highest BCUT2D eigenvalue weighted by Crippen LogP contribution is 1.96. The van der Waals surface area contributed by atoms with Gasteiger partial charge in [-0.1, -0.05) is 0 Å². The third kappa shape index (κ3) is 5.93. The highest BCUT2D eigenvalue weighted by Gasteiger charge is 1.96. The second-order valence-corrected chi connectivity index (χ2v) is 1.65. The van der Waals surface area contributed by atoms with Crippen molar-refractivity contribution in [1.29, 1.82) is 0 Å². The highest BCUT2D eigenvalue weighted by atomic mass is 32.2. The highest BCUT2D eigenvalue weighted by molar-refractivity contribution is 7.93. The Morgan fingerprint density at radius 2 is 2.14 bits per heavy atom. The molecule has 0 fully saturated rings. The molecule has 0 heterocycles. The maximum atomic E-state index is 9.45. The van der Waals surface area contributed by atoms with Crippen molar-refractivity contribution >= 4 is 31.8 Å². The van der Waals surface area contributed by atoms with Gasteiger partial charge in [-0.2, -0.15) is 0 Å². The lowest BCUT2D eigenvalue weighted by Gasteiger charge is -2.00. The Morgan fingerprint density at radius 1 is 1.71 bits per heavy atom. The molecule has 0 rings (SSSR count). The van der Waals surface area contributed by atoms with E-state index in [0.29, 0.717) is 3.87 Å². The molecule has 0 atom stereocenters. The van der Waals surface area contributed by atoms with Crippen LogP contribution in [0, 0.1) is 0 Å². The maximum absolute atomic E-state index is 9.45. The van der Waals surface area contributed by atoms with Crippen LogP contribution in [0.15, 0.2) is 0 Å². The van der Waals surface area contributed by atoms with Gasteiger partial charge in [0.15, 0.2) is 0 Å². The summed E-state index contributed by atoms with van der Waals surface area (Å²) in [6.07, 6.45) is -1.44. The number of nitrogens with zero attached hydrogens (tertiary/aromatic N) is 1. The summed E-state index contributed by atoms with van der Waals surface area (Å²) in [5, 5.41) is 7.72. The zero-order valence-corrected chi connectivity index (χ0v) is 4.89. The fourth-order valence-corrected chi connectivity index (χ4v) is 0.210. The molecule has 1 N–H and O–H groups in total. The van der Waals surface area contributed by atoms with Crippen molar-refractivity contribution in [2.24, 2.45) is 0 Å². The van der Waals surface area contributed by atoms with E-state index in [2.05, 4.69) is 30.5 Å². The van der Waals surface area contributed by atoms with Gasteiger partial charge < -0.3 is 9.94 Å². The average Bonchev–Trinajstić information content (AvgIpc) is 1.27. The van der Waals surface area contributed by atoms with Crippen molar-refractivity contribution in [3.63, 3.8) is 0 Å². The van der Waals surface area contributed by atoms with E-state index >= 15 is 0 Å². The van der Waals surface area contributed by atoms with E-state index in [4.69, 9.17) is 5.11 Å². The summed E-state index contributed by atoms with van der Waals surface area (Å²) in [6.45, 7) is 0. The molecule has 7 heavy (non-hydrogen) atoms. The van der Waals surface area contributed by atoms with Gasteiger partial charge in [-0.3, -0.25) is 0 Å². The van der Waals surface area contributed by atoms with Crippen LogP contribution in [-0.2, 0) is 4.84 Å². The molecule has 0 aromatic heterocycles. The Kier molecular flexibility index (Phi) is 2.97. The van der Waals surface area contributed by atoms with Crippen molar-refractivity contribution < 1.29 is 14.7 Å². The van der Waals surface area contributed by atoms with E-state index in [9.17, 15) is 4.79 Å². The molecule has 42 valence electrons. The Hall–Kier alpha value is -0.0700. The minimum absolute atomic E-state index is 0.488. The zero-order chi connectivity index (χ0) is 5.86. The molecular formula is CH3NO3S2. The molecule has 0 aliphatic carbocycles. The molecule has 0 aromatic rings. The fourth-order valence-electron chi connectivity index (χ4n) is 0.0698. The summed E-state index contributed by atoms with van der Waals surface area (Å²) in [7, 11) is 0. The molecule has 0 amide bonds. The summed E-state index contributed by atoms with van der Waals surface area (Å²) in [4.78, 5) is 13.2. The number of carbonyl (C=O) groups is 1. The van der Waals surface area contributed by atoms with E-state index in [1.54, 1.807) is 0 Å². The minimum atomic E-state index is -1.44. The lowest BCUT2D eigenvalue weighted by Crippen LogP contribution is -2.05. The molecule has 0 aliphatic heterocycles. The van der Waals surface area contributed by atoms with Crippen LogP contribution in [0.5, 0.6) is 0 Å². The van der Waals surface area contributed by atoms with Gasteiger partial charge in [0.05, 0.1) is 0 Å². The zero-order valence-electron chi connectivity index (χ0n) is 3.11. The molecule has 6 heteroatoms. The second kappa shape index (κ2) is 3.00. The molecule has 4 nitrogen and oxygen atoms in total. The van der Waals surface area contributed by atoms with Gasteiger partial charge in [-0.25, -0.2) is 4.79 Å². The summed E-state index contributed by atoms with van der Waals surface area (Å²) in [5.41, 5.74) is 0. The van der Waals surface area contributed by atoms with Crippen LogP contribution in [0.1, 0.15) is 0 Å². The van der Waals surface area contributed by atoms with Crippen molar-refractivity contribution in [3.05, 3.63) is 0 Å². The van der Waals surface area contributed by atoms with Gasteiger partial charge >= 0.3 is 6.16 Å². The number of rotatable bonds is 1. The lowest BCUT2D eigenvalue weighted by atomic mass is 11.4.